The molecule has 3 nitrogen and oxygen atoms in total. The molecule has 0 amide bonds. The first-order chi connectivity index (χ1) is 9.06. The topological polar surface area (TPSA) is 54.4 Å². The first-order valence-electron chi connectivity index (χ1n) is 5.95. The highest BCUT2D eigenvalue weighted by molar-refractivity contribution is 6.37. The maximum absolute atomic E-state index is 12.2. The van der Waals surface area contributed by atoms with Gasteiger partial charge in [-0.3, -0.25) is 4.79 Å². The third-order valence-corrected chi connectivity index (χ3v) is 3.35. The summed E-state index contributed by atoms with van der Waals surface area (Å²) in [6.45, 7) is 1.65. The maximum Gasteiger partial charge on any atom is 0.373 e. The second-order valence-corrected chi connectivity index (χ2v) is 4.49. The molecule has 19 heavy (non-hydrogen) atoms. The Kier molecular flexibility index (Phi) is 3.47. The number of carbonyl (C=O) groups excluding carboxylic acids is 1. The molecule has 2 aromatic rings. The molecule has 0 aliphatic carbocycles. The number of aliphatic carboxylic acids is 1. The van der Waals surface area contributed by atoms with Crippen LogP contribution < -0.4 is 0 Å². The Balaban J connectivity index is 2.64. The summed E-state index contributed by atoms with van der Waals surface area (Å²) in [5, 5.41) is 9.09. The lowest BCUT2D eigenvalue weighted by Gasteiger charge is -2.27. The fraction of sp³-hybridized carbons (Fsp3) is 0.125. The number of hydrogen-bond acceptors (Lipinski definition) is 2. The fourth-order valence-electron chi connectivity index (χ4n) is 2.19. The first kappa shape index (κ1) is 13.0. The van der Waals surface area contributed by atoms with E-state index in [2.05, 4.69) is 0 Å². The van der Waals surface area contributed by atoms with Gasteiger partial charge in [0.15, 0.2) is 0 Å². The zero-order chi connectivity index (χ0) is 13.9. The van der Waals surface area contributed by atoms with Crippen LogP contribution in [0.15, 0.2) is 60.7 Å². The third-order valence-electron chi connectivity index (χ3n) is 3.35. The molecule has 0 aliphatic rings. The van der Waals surface area contributed by atoms with Gasteiger partial charge in [-0.25, -0.2) is 4.79 Å². The van der Waals surface area contributed by atoms with Gasteiger partial charge >= 0.3 is 5.97 Å². The fourth-order valence-corrected chi connectivity index (χ4v) is 2.19. The summed E-state index contributed by atoms with van der Waals surface area (Å²) in [5.41, 5.74) is 0.177. The Labute approximate surface area is 111 Å². The molecule has 2 rings (SSSR count). The van der Waals surface area contributed by atoms with Gasteiger partial charge in [0.25, 0.3) is 5.78 Å². The van der Waals surface area contributed by atoms with E-state index in [0.29, 0.717) is 11.1 Å². The Bertz CT molecular complexity index is 548. The van der Waals surface area contributed by atoms with Gasteiger partial charge < -0.3 is 5.11 Å². The monoisotopic (exact) mass is 254 g/mol. The molecule has 0 radical (unpaired) electrons. The van der Waals surface area contributed by atoms with Crippen LogP contribution in [0.1, 0.15) is 18.1 Å². The molecule has 0 heterocycles. The highest BCUT2D eigenvalue weighted by Crippen LogP contribution is 2.32. The van der Waals surface area contributed by atoms with Crippen LogP contribution in [0.4, 0.5) is 0 Å². The number of carboxylic acids is 1. The molecule has 0 atom stereocenters. The minimum absolute atomic E-state index is 0.675. The highest BCUT2D eigenvalue weighted by atomic mass is 16.4. The van der Waals surface area contributed by atoms with Crippen molar-refractivity contribution in [2.75, 3.05) is 0 Å². The van der Waals surface area contributed by atoms with E-state index in [1.165, 1.54) is 0 Å². The predicted molar refractivity (Wildman–Crippen MR) is 72.0 cm³/mol. The number of ketones is 1. The van der Waals surface area contributed by atoms with Crippen molar-refractivity contribution in [2.45, 2.75) is 12.3 Å². The van der Waals surface area contributed by atoms with E-state index in [1.807, 2.05) is 12.1 Å². The largest absolute Gasteiger partial charge is 0.475 e. The van der Waals surface area contributed by atoms with Crippen LogP contribution >= 0.6 is 0 Å². The van der Waals surface area contributed by atoms with Crippen LogP contribution in [0.5, 0.6) is 0 Å². The smallest absolute Gasteiger partial charge is 0.373 e. The molecule has 1 N–H and O–H groups in total. The summed E-state index contributed by atoms with van der Waals surface area (Å²) in [6.07, 6.45) is 0. The molecule has 0 spiro atoms. The van der Waals surface area contributed by atoms with Crippen molar-refractivity contribution in [3.63, 3.8) is 0 Å². The Hall–Kier alpha value is -2.42. The summed E-state index contributed by atoms with van der Waals surface area (Å²) in [5.74, 6) is -2.25. The van der Waals surface area contributed by atoms with Crippen LogP contribution in [-0.2, 0) is 15.0 Å². The number of benzene rings is 2. The Morgan fingerprint density at radius 1 is 0.842 bits per heavy atom. The van der Waals surface area contributed by atoms with Gasteiger partial charge in [0.05, 0.1) is 5.41 Å². The van der Waals surface area contributed by atoms with Gasteiger partial charge in [-0.1, -0.05) is 60.7 Å². The summed E-state index contributed by atoms with van der Waals surface area (Å²) >= 11 is 0. The van der Waals surface area contributed by atoms with Gasteiger partial charge in [0.2, 0.25) is 0 Å². The van der Waals surface area contributed by atoms with Crippen LogP contribution in [0.3, 0.4) is 0 Å². The van der Waals surface area contributed by atoms with Gasteiger partial charge in [-0.2, -0.15) is 0 Å². The number of hydrogen-bond donors (Lipinski definition) is 1. The predicted octanol–water partition coefficient (Wildman–Crippen LogP) is 2.65. The van der Waals surface area contributed by atoms with Crippen molar-refractivity contribution in [3.05, 3.63) is 71.8 Å². The average Bonchev–Trinajstić information content (AvgIpc) is 2.47. The second kappa shape index (κ2) is 5.06. The van der Waals surface area contributed by atoms with E-state index in [9.17, 15) is 9.59 Å². The van der Waals surface area contributed by atoms with Crippen LogP contribution in [0.2, 0.25) is 0 Å². The minimum Gasteiger partial charge on any atom is -0.475 e. The van der Waals surface area contributed by atoms with Crippen molar-refractivity contribution >= 4 is 11.8 Å². The molecule has 0 unspecified atom stereocenters. The molecule has 0 fully saturated rings. The van der Waals surface area contributed by atoms with Gasteiger partial charge in [0, 0.05) is 0 Å². The SMILES string of the molecule is CC(C(=O)C(=O)O)(c1ccccc1)c1ccccc1. The molecule has 3 heteroatoms. The molecular formula is C16H14O3. The standard InChI is InChI=1S/C16H14O3/c1-16(14(17)15(18)19,12-8-4-2-5-9-12)13-10-6-3-7-11-13/h2-11H,1H3,(H,18,19). The molecule has 96 valence electrons. The van der Waals surface area contributed by atoms with E-state index in [1.54, 1.807) is 55.5 Å². The third kappa shape index (κ3) is 2.27. The van der Waals surface area contributed by atoms with Crippen LogP contribution in [-0.4, -0.2) is 16.9 Å². The van der Waals surface area contributed by atoms with Crippen molar-refractivity contribution < 1.29 is 14.7 Å². The molecule has 0 aromatic heterocycles. The van der Waals surface area contributed by atoms with E-state index < -0.39 is 17.2 Å². The summed E-state index contributed by atoms with van der Waals surface area (Å²) in [4.78, 5) is 23.3. The lowest BCUT2D eigenvalue weighted by molar-refractivity contribution is -0.151. The molecule has 0 saturated carbocycles. The zero-order valence-electron chi connectivity index (χ0n) is 10.5. The summed E-state index contributed by atoms with van der Waals surface area (Å²) in [6, 6.07) is 17.9. The van der Waals surface area contributed by atoms with Gasteiger partial charge in [0.1, 0.15) is 0 Å². The molecule has 2 aromatic carbocycles. The van der Waals surface area contributed by atoms with E-state index in [4.69, 9.17) is 5.11 Å². The summed E-state index contributed by atoms with van der Waals surface area (Å²) < 4.78 is 0. The van der Waals surface area contributed by atoms with Crippen molar-refractivity contribution in [1.82, 2.24) is 0 Å². The minimum atomic E-state index is -1.42. The van der Waals surface area contributed by atoms with Gasteiger partial charge in [-0.05, 0) is 18.1 Å². The molecule has 0 saturated heterocycles. The number of carbonyl (C=O) groups is 2. The van der Waals surface area contributed by atoms with E-state index in [0.717, 1.165) is 0 Å². The quantitative estimate of drug-likeness (QED) is 0.853. The lowest BCUT2D eigenvalue weighted by Crippen LogP contribution is -2.38. The zero-order valence-corrected chi connectivity index (χ0v) is 10.5. The first-order valence-corrected chi connectivity index (χ1v) is 5.95. The molecule has 0 aliphatic heterocycles. The Morgan fingerprint density at radius 3 is 1.53 bits per heavy atom. The maximum atomic E-state index is 12.2. The highest BCUT2D eigenvalue weighted by Gasteiger charge is 2.40. The molecule has 0 bridgehead atoms. The van der Waals surface area contributed by atoms with E-state index in [-0.39, 0.29) is 0 Å². The molecular weight excluding hydrogens is 240 g/mol. The Morgan fingerprint density at radius 2 is 1.21 bits per heavy atom. The van der Waals surface area contributed by atoms with Crippen LogP contribution in [0, 0.1) is 0 Å². The van der Waals surface area contributed by atoms with Gasteiger partial charge in [-0.15, -0.1) is 0 Å². The number of rotatable bonds is 4. The summed E-state index contributed by atoms with van der Waals surface area (Å²) in [7, 11) is 0. The van der Waals surface area contributed by atoms with Crippen molar-refractivity contribution in [3.8, 4) is 0 Å². The van der Waals surface area contributed by atoms with Crippen LogP contribution in [0.25, 0.3) is 0 Å². The van der Waals surface area contributed by atoms with E-state index >= 15 is 0 Å². The normalized spacial score (nSPS) is 11.0. The van der Waals surface area contributed by atoms with Crippen molar-refractivity contribution in [1.29, 1.82) is 0 Å². The lowest BCUT2D eigenvalue weighted by atomic mass is 9.73. The number of Topliss-reactive ketones (excluding diaryl/α,β-unsaturated/α-hetero) is 1. The second-order valence-electron chi connectivity index (χ2n) is 4.49. The average molecular weight is 254 g/mol. The number of carboxylic acid groups (broad SMARTS) is 1. The van der Waals surface area contributed by atoms with Crippen molar-refractivity contribution in [2.24, 2.45) is 0 Å².